The van der Waals surface area contributed by atoms with E-state index in [0.717, 1.165) is 17.2 Å². The number of anilines is 2. The molecule has 6 heteroatoms. The molecular formula is C15H19N5O. The minimum absolute atomic E-state index is 0.0377. The van der Waals surface area contributed by atoms with Gasteiger partial charge < -0.3 is 15.2 Å². The van der Waals surface area contributed by atoms with Gasteiger partial charge in [0.05, 0.1) is 6.04 Å². The Morgan fingerprint density at radius 2 is 2.29 bits per heavy atom. The van der Waals surface area contributed by atoms with Crippen molar-refractivity contribution in [2.24, 2.45) is 7.05 Å². The molecule has 2 aromatic rings. The van der Waals surface area contributed by atoms with Crippen molar-refractivity contribution in [3.05, 3.63) is 42.5 Å². The van der Waals surface area contributed by atoms with Crippen LogP contribution in [0.2, 0.25) is 0 Å². The molecule has 1 fully saturated rings. The smallest absolute Gasteiger partial charge is 0.321 e. The van der Waals surface area contributed by atoms with Crippen LogP contribution in [-0.4, -0.2) is 28.7 Å². The first-order chi connectivity index (χ1) is 10.1. The zero-order valence-corrected chi connectivity index (χ0v) is 12.2. The number of hydrogen-bond acceptors (Lipinski definition) is 3. The molecule has 6 nitrogen and oxygen atoms in total. The predicted octanol–water partition coefficient (Wildman–Crippen LogP) is 2.12. The Morgan fingerprint density at radius 3 is 2.95 bits per heavy atom. The fourth-order valence-corrected chi connectivity index (χ4v) is 2.59. The third-order valence-corrected chi connectivity index (χ3v) is 3.64. The van der Waals surface area contributed by atoms with Crippen molar-refractivity contribution in [2.45, 2.75) is 13.0 Å². The second kappa shape index (κ2) is 5.47. The number of urea groups is 1. The largest absolute Gasteiger partial charge is 0.375 e. The number of imidazole rings is 1. The Balaban J connectivity index is 1.77. The molecule has 1 aromatic heterocycles. The third kappa shape index (κ3) is 2.69. The van der Waals surface area contributed by atoms with Crippen molar-refractivity contribution in [1.82, 2.24) is 14.9 Å². The van der Waals surface area contributed by atoms with Crippen molar-refractivity contribution < 1.29 is 4.79 Å². The molecule has 1 aliphatic heterocycles. The summed E-state index contributed by atoms with van der Waals surface area (Å²) in [5.74, 6) is 0.972. The molecule has 1 atom stereocenters. The second-order valence-electron chi connectivity index (χ2n) is 5.20. The van der Waals surface area contributed by atoms with Crippen LogP contribution >= 0.6 is 0 Å². The summed E-state index contributed by atoms with van der Waals surface area (Å²) in [6.45, 7) is 3.47. The fraction of sp³-hybridized carbons (Fsp3) is 0.333. The van der Waals surface area contributed by atoms with E-state index in [1.165, 1.54) is 0 Å². The predicted molar refractivity (Wildman–Crippen MR) is 82.4 cm³/mol. The van der Waals surface area contributed by atoms with Gasteiger partial charge in [-0.3, -0.25) is 4.90 Å². The average molecular weight is 285 g/mol. The highest BCUT2D eigenvalue weighted by atomic mass is 16.2. The fourth-order valence-electron chi connectivity index (χ4n) is 2.59. The average Bonchev–Trinajstić information content (AvgIpc) is 3.07. The van der Waals surface area contributed by atoms with Crippen LogP contribution in [-0.2, 0) is 7.05 Å². The van der Waals surface area contributed by atoms with E-state index in [1.807, 2.05) is 42.1 Å². The quantitative estimate of drug-likeness (QED) is 0.904. The van der Waals surface area contributed by atoms with Crippen LogP contribution in [0, 0.1) is 0 Å². The van der Waals surface area contributed by atoms with Crippen LogP contribution in [0.15, 0.2) is 36.7 Å². The van der Waals surface area contributed by atoms with Gasteiger partial charge >= 0.3 is 6.03 Å². The first-order valence-electron chi connectivity index (χ1n) is 7.04. The van der Waals surface area contributed by atoms with Gasteiger partial charge in [-0.05, 0) is 25.1 Å². The number of aromatic nitrogens is 2. The van der Waals surface area contributed by atoms with Gasteiger partial charge in [-0.1, -0.05) is 6.07 Å². The summed E-state index contributed by atoms with van der Waals surface area (Å²) in [6.07, 6.45) is 3.72. The molecule has 1 saturated heterocycles. The first-order valence-corrected chi connectivity index (χ1v) is 7.04. The van der Waals surface area contributed by atoms with Gasteiger partial charge in [0.15, 0.2) is 0 Å². The summed E-state index contributed by atoms with van der Waals surface area (Å²) >= 11 is 0. The van der Waals surface area contributed by atoms with Crippen LogP contribution in [0.25, 0.3) is 0 Å². The summed E-state index contributed by atoms with van der Waals surface area (Å²) in [7, 11) is 1.98. The van der Waals surface area contributed by atoms with E-state index >= 15 is 0 Å². The molecule has 2 N–H and O–H groups in total. The second-order valence-corrected chi connectivity index (χ2v) is 5.20. The van der Waals surface area contributed by atoms with Crippen molar-refractivity contribution in [3.8, 4) is 0 Å². The number of amides is 2. The zero-order valence-electron chi connectivity index (χ0n) is 12.2. The number of rotatable bonds is 4. The maximum absolute atomic E-state index is 11.7. The Kier molecular flexibility index (Phi) is 3.51. The van der Waals surface area contributed by atoms with Crippen LogP contribution < -0.4 is 15.5 Å². The molecule has 0 spiro atoms. The molecule has 110 valence electrons. The van der Waals surface area contributed by atoms with Crippen molar-refractivity contribution in [2.75, 3.05) is 23.3 Å². The summed E-state index contributed by atoms with van der Waals surface area (Å²) in [5, 5.41) is 6.23. The molecule has 2 amide bonds. The summed E-state index contributed by atoms with van der Waals surface area (Å²) in [4.78, 5) is 17.8. The Morgan fingerprint density at radius 1 is 1.43 bits per heavy atom. The summed E-state index contributed by atoms with van der Waals surface area (Å²) < 4.78 is 2.00. The SMILES string of the molecule is CC(Nc1cccc(N2CCNC2=O)c1)c1nccn1C. The molecule has 1 unspecified atom stereocenters. The molecule has 0 aliphatic carbocycles. The van der Waals surface area contributed by atoms with Gasteiger partial charge in [0.25, 0.3) is 0 Å². The van der Waals surface area contributed by atoms with Gasteiger partial charge in [0, 0.05) is 43.9 Å². The lowest BCUT2D eigenvalue weighted by molar-refractivity contribution is 0.252. The highest BCUT2D eigenvalue weighted by molar-refractivity contribution is 5.94. The molecule has 3 rings (SSSR count). The molecule has 0 radical (unpaired) electrons. The molecular weight excluding hydrogens is 266 g/mol. The Labute approximate surface area is 123 Å². The normalized spacial score (nSPS) is 15.9. The van der Waals surface area contributed by atoms with Crippen LogP contribution in [0.5, 0.6) is 0 Å². The van der Waals surface area contributed by atoms with Gasteiger partial charge in [0.2, 0.25) is 0 Å². The molecule has 0 saturated carbocycles. The lowest BCUT2D eigenvalue weighted by Gasteiger charge is -2.18. The number of benzene rings is 1. The zero-order chi connectivity index (χ0) is 14.8. The maximum atomic E-state index is 11.7. The van der Waals surface area contributed by atoms with E-state index in [9.17, 15) is 4.79 Å². The topological polar surface area (TPSA) is 62.2 Å². The van der Waals surface area contributed by atoms with E-state index in [0.29, 0.717) is 13.1 Å². The minimum Gasteiger partial charge on any atom is -0.375 e. The molecule has 2 heterocycles. The number of aryl methyl sites for hydroxylation is 1. The van der Waals surface area contributed by atoms with Gasteiger partial charge in [-0.15, -0.1) is 0 Å². The summed E-state index contributed by atoms with van der Waals surface area (Å²) in [5.41, 5.74) is 1.88. The number of carbonyl (C=O) groups excluding carboxylic acids is 1. The van der Waals surface area contributed by atoms with Gasteiger partial charge in [0.1, 0.15) is 5.82 Å². The maximum Gasteiger partial charge on any atom is 0.321 e. The van der Waals surface area contributed by atoms with E-state index in [1.54, 1.807) is 11.1 Å². The van der Waals surface area contributed by atoms with Crippen molar-refractivity contribution in [1.29, 1.82) is 0 Å². The lowest BCUT2D eigenvalue weighted by Crippen LogP contribution is -2.27. The highest BCUT2D eigenvalue weighted by Gasteiger charge is 2.21. The summed E-state index contributed by atoms with van der Waals surface area (Å²) in [6, 6.07) is 7.94. The van der Waals surface area contributed by atoms with E-state index in [2.05, 4.69) is 22.5 Å². The van der Waals surface area contributed by atoms with Crippen LogP contribution in [0.3, 0.4) is 0 Å². The van der Waals surface area contributed by atoms with Crippen LogP contribution in [0.1, 0.15) is 18.8 Å². The van der Waals surface area contributed by atoms with E-state index in [-0.39, 0.29) is 12.1 Å². The Bertz CT molecular complexity index is 651. The lowest BCUT2D eigenvalue weighted by atomic mass is 10.2. The minimum atomic E-state index is -0.0377. The number of nitrogens with zero attached hydrogens (tertiary/aromatic N) is 3. The van der Waals surface area contributed by atoms with E-state index in [4.69, 9.17) is 0 Å². The van der Waals surface area contributed by atoms with Crippen molar-refractivity contribution >= 4 is 17.4 Å². The van der Waals surface area contributed by atoms with Gasteiger partial charge in [-0.25, -0.2) is 9.78 Å². The molecule has 1 aromatic carbocycles. The molecule has 21 heavy (non-hydrogen) atoms. The monoisotopic (exact) mass is 285 g/mol. The number of carbonyl (C=O) groups is 1. The highest BCUT2D eigenvalue weighted by Crippen LogP contribution is 2.24. The molecule has 1 aliphatic rings. The van der Waals surface area contributed by atoms with E-state index < -0.39 is 0 Å². The number of nitrogens with one attached hydrogen (secondary N) is 2. The Hall–Kier alpha value is -2.50. The first kappa shape index (κ1) is 13.5. The number of hydrogen-bond donors (Lipinski definition) is 2. The van der Waals surface area contributed by atoms with Gasteiger partial charge in [-0.2, -0.15) is 0 Å². The molecule has 0 bridgehead atoms. The standard InChI is InChI=1S/C15H19N5O/c1-11(14-16-6-8-19(14)2)18-12-4-3-5-13(10-12)20-9-7-17-15(20)21/h3-6,8,10-11,18H,7,9H2,1-2H3,(H,17,21). The van der Waals surface area contributed by atoms with Crippen molar-refractivity contribution in [3.63, 3.8) is 0 Å². The third-order valence-electron chi connectivity index (χ3n) is 3.64. The van der Waals surface area contributed by atoms with Crippen LogP contribution in [0.4, 0.5) is 16.2 Å².